The Labute approximate surface area is 99.8 Å². The third-order valence-corrected chi connectivity index (χ3v) is 3.35. The topological polar surface area (TPSA) is 32.3 Å². The summed E-state index contributed by atoms with van der Waals surface area (Å²) in [5.74, 6) is 0.330. The number of para-hydroxylation sites is 1. The highest BCUT2D eigenvalue weighted by Crippen LogP contribution is 2.27. The molecule has 0 saturated carbocycles. The fraction of sp³-hybridized carbons (Fsp3) is 0.500. The van der Waals surface area contributed by atoms with Crippen molar-refractivity contribution in [2.45, 2.75) is 39.3 Å². The molecular formula is C12H18BrNO. The molecule has 1 aromatic carbocycles. The first-order valence-corrected chi connectivity index (χ1v) is 5.97. The molecule has 0 unspecified atom stereocenters. The maximum atomic E-state index is 9.78. The minimum absolute atomic E-state index is 0.106. The van der Waals surface area contributed by atoms with E-state index in [-0.39, 0.29) is 5.54 Å². The van der Waals surface area contributed by atoms with E-state index in [1.807, 2.05) is 18.2 Å². The predicted octanol–water partition coefficient (Wildman–Crippen LogP) is 3.43. The molecule has 0 atom stereocenters. The first-order valence-electron chi connectivity index (χ1n) is 5.17. The van der Waals surface area contributed by atoms with E-state index in [2.05, 4.69) is 42.0 Å². The number of rotatable bonds is 4. The van der Waals surface area contributed by atoms with E-state index in [0.29, 0.717) is 12.3 Å². The molecule has 3 heteroatoms. The van der Waals surface area contributed by atoms with Crippen LogP contribution in [0.5, 0.6) is 5.75 Å². The van der Waals surface area contributed by atoms with Crippen molar-refractivity contribution in [3.8, 4) is 5.75 Å². The molecule has 0 aliphatic carbocycles. The lowest BCUT2D eigenvalue weighted by Gasteiger charge is -2.24. The number of hydrogen-bond donors (Lipinski definition) is 2. The summed E-state index contributed by atoms with van der Waals surface area (Å²) < 4.78 is 0.746. The number of phenolic OH excluding ortho intramolecular Hbond substituents is 1. The van der Waals surface area contributed by atoms with E-state index in [0.717, 1.165) is 16.5 Å². The van der Waals surface area contributed by atoms with Crippen molar-refractivity contribution < 1.29 is 5.11 Å². The van der Waals surface area contributed by atoms with Gasteiger partial charge in [-0.25, -0.2) is 0 Å². The van der Waals surface area contributed by atoms with E-state index >= 15 is 0 Å². The summed E-state index contributed by atoms with van der Waals surface area (Å²) in [6, 6.07) is 5.70. The molecule has 0 bridgehead atoms. The van der Waals surface area contributed by atoms with Crippen LogP contribution >= 0.6 is 15.9 Å². The maximum absolute atomic E-state index is 9.78. The van der Waals surface area contributed by atoms with Gasteiger partial charge in [0.2, 0.25) is 0 Å². The molecule has 0 heterocycles. The quantitative estimate of drug-likeness (QED) is 0.880. The molecule has 2 N–H and O–H groups in total. The largest absolute Gasteiger partial charge is 0.506 e. The Bertz CT molecular complexity index is 336. The fourth-order valence-corrected chi connectivity index (χ4v) is 1.57. The molecule has 84 valence electrons. The Morgan fingerprint density at radius 1 is 1.40 bits per heavy atom. The van der Waals surface area contributed by atoms with E-state index < -0.39 is 0 Å². The molecule has 0 aliphatic rings. The van der Waals surface area contributed by atoms with Crippen molar-refractivity contribution in [3.05, 3.63) is 28.2 Å². The van der Waals surface area contributed by atoms with Gasteiger partial charge in [0, 0.05) is 17.6 Å². The van der Waals surface area contributed by atoms with Crippen molar-refractivity contribution in [1.29, 1.82) is 0 Å². The lowest BCUT2D eigenvalue weighted by Crippen LogP contribution is -2.37. The Balaban J connectivity index is 2.70. The number of nitrogens with one attached hydrogen (secondary N) is 1. The van der Waals surface area contributed by atoms with Crippen molar-refractivity contribution in [3.63, 3.8) is 0 Å². The second kappa shape index (κ2) is 4.99. The third kappa shape index (κ3) is 3.50. The van der Waals surface area contributed by atoms with Gasteiger partial charge in [0.05, 0.1) is 4.47 Å². The summed E-state index contributed by atoms with van der Waals surface area (Å²) >= 11 is 3.31. The molecule has 0 radical (unpaired) electrons. The van der Waals surface area contributed by atoms with Gasteiger partial charge in [0.15, 0.2) is 0 Å². The Kier molecular flexibility index (Phi) is 4.17. The Hall–Kier alpha value is -0.540. The lowest BCUT2D eigenvalue weighted by molar-refractivity contribution is 0.369. The van der Waals surface area contributed by atoms with Gasteiger partial charge in [0.25, 0.3) is 0 Å². The van der Waals surface area contributed by atoms with Crippen LogP contribution in [0.15, 0.2) is 22.7 Å². The first kappa shape index (κ1) is 12.5. The zero-order valence-electron chi connectivity index (χ0n) is 9.47. The molecule has 1 rings (SSSR count). The summed E-state index contributed by atoms with van der Waals surface area (Å²) in [6.07, 6.45) is 1.06. The smallest absolute Gasteiger partial charge is 0.134 e. The zero-order valence-corrected chi connectivity index (χ0v) is 11.1. The molecule has 0 saturated heterocycles. The van der Waals surface area contributed by atoms with E-state index in [1.54, 1.807) is 0 Å². The van der Waals surface area contributed by atoms with Crippen LogP contribution in [0.1, 0.15) is 32.8 Å². The van der Waals surface area contributed by atoms with Gasteiger partial charge in [-0.2, -0.15) is 0 Å². The predicted molar refractivity (Wildman–Crippen MR) is 67.0 cm³/mol. The number of phenols is 1. The summed E-state index contributed by atoms with van der Waals surface area (Å²) in [5.41, 5.74) is 1.03. The van der Waals surface area contributed by atoms with E-state index in [9.17, 15) is 5.11 Å². The molecule has 15 heavy (non-hydrogen) atoms. The van der Waals surface area contributed by atoms with Crippen LogP contribution < -0.4 is 5.32 Å². The third-order valence-electron chi connectivity index (χ3n) is 2.71. The van der Waals surface area contributed by atoms with E-state index in [4.69, 9.17) is 0 Å². The van der Waals surface area contributed by atoms with Crippen molar-refractivity contribution in [1.82, 2.24) is 5.32 Å². The standard InChI is InChI=1S/C12H18BrNO/c1-4-12(2,3)14-8-9-6-5-7-10(13)11(9)15/h5-7,14-15H,4,8H2,1-3H3. The van der Waals surface area contributed by atoms with Crippen molar-refractivity contribution in [2.75, 3.05) is 0 Å². The van der Waals surface area contributed by atoms with Gasteiger partial charge in [-0.05, 0) is 42.3 Å². The summed E-state index contributed by atoms with van der Waals surface area (Å²) in [6.45, 7) is 7.14. The average Bonchev–Trinajstić information content (AvgIpc) is 2.20. The normalized spacial score (nSPS) is 11.7. The van der Waals surface area contributed by atoms with Gasteiger partial charge < -0.3 is 10.4 Å². The monoisotopic (exact) mass is 271 g/mol. The highest BCUT2D eigenvalue weighted by atomic mass is 79.9. The number of halogens is 1. The summed E-state index contributed by atoms with van der Waals surface area (Å²) in [7, 11) is 0. The van der Waals surface area contributed by atoms with Gasteiger partial charge in [-0.1, -0.05) is 19.1 Å². The molecule has 0 aromatic heterocycles. The van der Waals surface area contributed by atoms with Gasteiger partial charge in [-0.3, -0.25) is 0 Å². The number of aromatic hydroxyl groups is 1. The molecule has 2 nitrogen and oxygen atoms in total. The minimum Gasteiger partial charge on any atom is -0.506 e. The minimum atomic E-state index is 0.106. The molecule has 1 aromatic rings. The molecular weight excluding hydrogens is 254 g/mol. The average molecular weight is 272 g/mol. The summed E-state index contributed by atoms with van der Waals surface area (Å²) in [4.78, 5) is 0. The second-order valence-corrected chi connectivity index (χ2v) is 5.19. The van der Waals surface area contributed by atoms with E-state index in [1.165, 1.54) is 0 Å². The zero-order chi connectivity index (χ0) is 11.5. The fourth-order valence-electron chi connectivity index (χ4n) is 1.16. The van der Waals surface area contributed by atoms with Crippen LogP contribution in [0, 0.1) is 0 Å². The van der Waals surface area contributed by atoms with Crippen molar-refractivity contribution in [2.24, 2.45) is 0 Å². The summed E-state index contributed by atoms with van der Waals surface area (Å²) in [5, 5.41) is 13.2. The molecule has 0 amide bonds. The Morgan fingerprint density at radius 2 is 2.07 bits per heavy atom. The first-order chi connectivity index (χ1) is 6.96. The lowest BCUT2D eigenvalue weighted by atomic mass is 10.0. The molecule has 0 aliphatic heterocycles. The maximum Gasteiger partial charge on any atom is 0.134 e. The van der Waals surface area contributed by atoms with Crippen LogP contribution in [0.3, 0.4) is 0 Å². The second-order valence-electron chi connectivity index (χ2n) is 4.34. The van der Waals surface area contributed by atoms with Gasteiger partial charge >= 0.3 is 0 Å². The van der Waals surface area contributed by atoms with Gasteiger partial charge in [-0.15, -0.1) is 0 Å². The number of hydrogen-bond acceptors (Lipinski definition) is 2. The van der Waals surface area contributed by atoms with Crippen LogP contribution in [0.2, 0.25) is 0 Å². The molecule has 0 spiro atoms. The SMILES string of the molecule is CCC(C)(C)NCc1cccc(Br)c1O. The van der Waals surface area contributed by atoms with Crippen LogP contribution in [0.4, 0.5) is 0 Å². The Morgan fingerprint density at radius 3 is 2.67 bits per heavy atom. The van der Waals surface area contributed by atoms with Crippen LogP contribution in [-0.2, 0) is 6.54 Å². The van der Waals surface area contributed by atoms with Crippen LogP contribution in [0.25, 0.3) is 0 Å². The molecule has 0 fully saturated rings. The highest BCUT2D eigenvalue weighted by molar-refractivity contribution is 9.10. The number of benzene rings is 1. The van der Waals surface area contributed by atoms with Crippen LogP contribution in [-0.4, -0.2) is 10.6 Å². The van der Waals surface area contributed by atoms with Crippen molar-refractivity contribution >= 4 is 15.9 Å². The van der Waals surface area contributed by atoms with Gasteiger partial charge in [0.1, 0.15) is 5.75 Å². The highest BCUT2D eigenvalue weighted by Gasteiger charge is 2.14.